The standard InChI is InChI=1S/C24H25N5O3/c1-15-8-7-11-29-21(15)27-22-19(24(29)31)14-18(20(25)28(22)12-13-32-3)23(30)26-16(2)17-9-5-4-6-10-17/h4-11,14,16,25H,12-13H2,1-3H3,(H,26,30)/t16-/m0/s1. The van der Waals surface area contributed by atoms with E-state index in [4.69, 9.17) is 10.1 Å². The largest absolute Gasteiger partial charge is 0.383 e. The van der Waals surface area contributed by atoms with Crippen molar-refractivity contribution in [2.24, 2.45) is 0 Å². The van der Waals surface area contributed by atoms with Crippen LogP contribution in [0.5, 0.6) is 0 Å². The van der Waals surface area contributed by atoms with Crippen molar-refractivity contribution in [3.8, 4) is 0 Å². The molecule has 4 aromatic rings. The van der Waals surface area contributed by atoms with Crippen LogP contribution in [0.2, 0.25) is 0 Å². The second-order valence-electron chi connectivity index (χ2n) is 7.70. The molecular formula is C24H25N5O3. The van der Waals surface area contributed by atoms with Crippen LogP contribution in [0.4, 0.5) is 0 Å². The summed E-state index contributed by atoms with van der Waals surface area (Å²) in [5.74, 6) is -0.423. The van der Waals surface area contributed by atoms with E-state index in [1.807, 2.05) is 50.2 Å². The van der Waals surface area contributed by atoms with Crippen molar-refractivity contribution in [3.63, 3.8) is 0 Å². The molecule has 8 heteroatoms. The van der Waals surface area contributed by atoms with Crippen LogP contribution in [-0.4, -0.2) is 33.6 Å². The number of methoxy groups -OCH3 is 1. The topological polar surface area (TPSA) is 101 Å². The van der Waals surface area contributed by atoms with Gasteiger partial charge in [-0.1, -0.05) is 36.4 Å². The van der Waals surface area contributed by atoms with Gasteiger partial charge < -0.3 is 14.6 Å². The van der Waals surface area contributed by atoms with Gasteiger partial charge in [0.05, 0.1) is 23.6 Å². The fourth-order valence-corrected chi connectivity index (χ4v) is 3.77. The number of aryl methyl sites for hydroxylation is 1. The second kappa shape index (κ2) is 8.76. The first kappa shape index (κ1) is 21.5. The minimum absolute atomic E-state index is 0.0165. The average Bonchev–Trinajstić information content (AvgIpc) is 2.79. The summed E-state index contributed by atoms with van der Waals surface area (Å²) in [5, 5.41) is 11.9. The van der Waals surface area contributed by atoms with Crippen LogP contribution in [0.1, 0.15) is 34.5 Å². The van der Waals surface area contributed by atoms with Crippen LogP contribution in [0.15, 0.2) is 59.5 Å². The summed E-state index contributed by atoms with van der Waals surface area (Å²) >= 11 is 0. The monoisotopic (exact) mass is 431 g/mol. The van der Waals surface area contributed by atoms with Crippen molar-refractivity contribution in [3.05, 3.63) is 87.3 Å². The van der Waals surface area contributed by atoms with E-state index in [1.54, 1.807) is 23.9 Å². The quantitative estimate of drug-likeness (QED) is 0.458. The molecule has 0 radical (unpaired) electrons. The van der Waals surface area contributed by atoms with E-state index >= 15 is 0 Å². The van der Waals surface area contributed by atoms with Gasteiger partial charge in [0.2, 0.25) is 0 Å². The van der Waals surface area contributed by atoms with Gasteiger partial charge in [-0.3, -0.25) is 19.4 Å². The number of benzene rings is 1. The number of pyridine rings is 2. The van der Waals surface area contributed by atoms with Gasteiger partial charge in [0.25, 0.3) is 11.5 Å². The highest BCUT2D eigenvalue weighted by Crippen LogP contribution is 2.15. The second-order valence-corrected chi connectivity index (χ2v) is 7.70. The average molecular weight is 431 g/mol. The lowest BCUT2D eigenvalue weighted by atomic mass is 10.1. The van der Waals surface area contributed by atoms with Gasteiger partial charge in [-0.25, -0.2) is 4.98 Å². The zero-order valence-electron chi connectivity index (χ0n) is 18.3. The molecule has 0 fully saturated rings. The van der Waals surface area contributed by atoms with Crippen molar-refractivity contribution < 1.29 is 9.53 Å². The number of ether oxygens (including phenoxy) is 1. The molecule has 1 aromatic carbocycles. The first-order chi connectivity index (χ1) is 15.4. The minimum Gasteiger partial charge on any atom is -0.383 e. The van der Waals surface area contributed by atoms with Gasteiger partial charge in [-0.05, 0) is 37.1 Å². The predicted octanol–water partition coefficient (Wildman–Crippen LogP) is 2.57. The van der Waals surface area contributed by atoms with E-state index in [-0.39, 0.29) is 34.6 Å². The summed E-state index contributed by atoms with van der Waals surface area (Å²) in [6.07, 6.45) is 1.66. The Morgan fingerprint density at radius 1 is 1.19 bits per heavy atom. The Kier molecular flexibility index (Phi) is 5.87. The molecule has 32 heavy (non-hydrogen) atoms. The fourth-order valence-electron chi connectivity index (χ4n) is 3.77. The van der Waals surface area contributed by atoms with Crippen LogP contribution < -0.4 is 16.4 Å². The summed E-state index contributed by atoms with van der Waals surface area (Å²) in [4.78, 5) is 31.1. The lowest BCUT2D eigenvalue weighted by Crippen LogP contribution is -2.36. The highest BCUT2D eigenvalue weighted by atomic mass is 16.5. The molecule has 0 saturated heterocycles. The van der Waals surface area contributed by atoms with Crippen LogP contribution in [0.25, 0.3) is 16.7 Å². The van der Waals surface area contributed by atoms with Crippen LogP contribution >= 0.6 is 0 Å². The molecule has 0 aliphatic carbocycles. The zero-order chi connectivity index (χ0) is 22.8. The van der Waals surface area contributed by atoms with E-state index < -0.39 is 5.91 Å². The third-order valence-electron chi connectivity index (χ3n) is 5.54. The first-order valence-electron chi connectivity index (χ1n) is 10.4. The molecule has 8 nitrogen and oxygen atoms in total. The molecule has 1 atom stereocenters. The Morgan fingerprint density at radius 3 is 2.66 bits per heavy atom. The SMILES string of the molecule is COCCn1c(=N)c(C(=O)N[C@@H](C)c2ccccc2)cc2c(=O)n3cccc(C)c3nc21. The summed E-state index contributed by atoms with van der Waals surface area (Å²) in [6.45, 7) is 4.35. The first-order valence-corrected chi connectivity index (χ1v) is 10.4. The van der Waals surface area contributed by atoms with Crippen molar-refractivity contribution in [1.29, 1.82) is 5.41 Å². The van der Waals surface area contributed by atoms with Gasteiger partial charge in [0.1, 0.15) is 16.8 Å². The number of fused-ring (bicyclic) bond motifs is 2. The molecule has 3 heterocycles. The molecular weight excluding hydrogens is 406 g/mol. The molecule has 0 saturated carbocycles. The summed E-state index contributed by atoms with van der Waals surface area (Å²) in [7, 11) is 1.56. The number of rotatable bonds is 6. The zero-order valence-corrected chi connectivity index (χ0v) is 18.3. The van der Waals surface area contributed by atoms with Gasteiger partial charge in [-0.15, -0.1) is 0 Å². The van der Waals surface area contributed by atoms with Crippen molar-refractivity contribution in [2.75, 3.05) is 13.7 Å². The van der Waals surface area contributed by atoms with Gasteiger partial charge in [0, 0.05) is 19.9 Å². The van der Waals surface area contributed by atoms with E-state index in [0.29, 0.717) is 17.9 Å². The number of carbonyl (C=O) groups excluding carboxylic acids is 1. The number of amides is 1. The Morgan fingerprint density at radius 2 is 1.94 bits per heavy atom. The van der Waals surface area contributed by atoms with Crippen LogP contribution in [0.3, 0.4) is 0 Å². The minimum atomic E-state index is -0.423. The van der Waals surface area contributed by atoms with Gasteiger partial charge in [0.15, 0.2) is 0 Å². The Bertz CT molecular complexity index is 1420. The maximum atomic E-state index is 13.3. The number of hydrogen-bond donors (Lipinski definition) is 2. The van der Waals surface area contributed by atoms with E-state index in [2.05, 4.69) is 10.3 Å². The van der Waals surface area contributed by atoms with Gasteiger partial charge >= 0.3 is 0 Å². The summed E-state index contributed by atoms with van der Waals surface area (Å²) in [6, 6.07) is 14.4. The molecule has 0 bridgehead atoms. The molecule has 4 rings (SSSR count). The summed E-state index contributed by atoms with van der Waals surface area (Å²) in [5.41, 5.74) is 2.48. The predicted molar refractivity (Wildman–Crippen MR) is 122 cm³/mol. The van der Waals surface area contributed by atoms with Gasteiger partial charge in [-0.2, -0.15) is 0 Å². The molecule has 1 amide bonds. The maximum Gasteiger partial charge on any atom is 0.267 e. The van der Waals surface area contributed by atoms with Crippen molar-refractivity contribution >= 4 is 22.6 Å². The molecule has 0 aliphatic heterocycles. The van der Waals surface area contributed by atoms with E-state index in [0.717, 1.165) is 11.1 Å². The summed E-state index contributed by atoms with van der Waals surface area (Å²) < 4.78 is 8.23. The maximum absolute atomic E-state index is 13.3. The number of nitrogens with zero attached hydrogens (tertiary/aromatic N) is 3. The number of hydrogen-bond acceptors (Lipinski definition) is 5. The Balaban J connectivity index is 1.89. The molecule has 2 N–H and O–H groups in total. The Labute approximate surface area is 184 Å². The highest BCUT2D eigenvalue weighted by Gasteiger charge is 2.19. The van der Waals surface area contributed by atoms with E-state index in [1.165, 1.54) is 10.5 Å². The molecule has 164 valence electrons. The number of nitrogens with one attached hydrogen (secondary N) is 2. The molecule has 3 aromatic heterocycles. The number of carbonyl (C=O) groups is 1. The van der Waals surface area contributed by atoms with Crippen molar-refractivity contribution in [2.45, 2.75) is 26.4 Å². The Hall–Kier alpha value is -3.78. The van der Waals surface area contributed by atoms with E-state index in [9.17, 15) is 9.59 Å². The lowest BCUT2D eigenvalue weighted by molar-refractivity contribution is 0.0937. The van der Waals surface area contributed by atoms with Crippen molar-refractivity contribution in [1.82, 2.24) is 19.3 Å². The third kappa shape index (κ3) is 3.80. The van der Waals surface area contributed by atoms with Crippen LogP contribution in [-0.2, 0) is 11.3 Å². The van der Waals surface area contributed by atoms with Crippen LogP contribution in [0, 0.1) is 12.3 Å². The molecule has 0 unspecified atom stereocenters. The third-order valence-corrected chi connectivity index (χ3v) is 5.54. The molecule has 0 aliphatic rings. The smallest absolute Gasteiger partial charge is 0.267 e. The molecule has 0 spiro atoms. The fraction of sp³-hybridized carbons (Fsp3) is 0.250. The normalized spacial score (nSPS) is 12.2. The lowest BCUT2D eigenvalue weighted by Gasteiger charge is -2.17. The highest BCUT2D eigenvalue weighted by molar-refractivity contribution is 5.97. The number of aromatic nitrogens is 3.